The van der Waals surface area contributed by atoms with Gasteiger partial charge < -0.3 is 15.5 Å². The fourth-order valence-electron chi connectivity index (χ4n) is 3.03. The molecule has 1 aliphatic rings. The van der Waals surface area contributed by atoms with E-state index in [1.54, 1.807) is 11.0 Å². The molecule has 2 unspecified atom stereocenters. The van der Waals surface area contributed by atoms with Crippen molar-refractivity contribution in [3.63, 3.8) is 0 Å². The number of anilines is 1. The van der Waals surface area contributed by atoms with Crippen molar-refractivity contribution in [3.05, 3.63) is 66.0 Å². The second-order valence-electron chi connectivity index (χ2n) is 6.14. The summed E-state index contributed by atoms with van der Waals surface area (Å²) in [5.41, 5.74) is 1.43. The SMILES string of the molecule is CC(c1ccccc1)N1CC(NC(=O)Nc2cccc(F)c2)CC1=O. The summed E-state index contributed by atoms with van der Waals surface area (Å²) in [5, 5.41) is 5.36. The Kier molecular flexibility index (Phi) is 4.97. The highest BCUT2D eigenvalue weighted by atomic mass is 19.1. The molecule has 25 heavy (non-hydrogen) atoms. The summed E-state index contributed by atoms with van der Waals surface area (Å²) in [6.07, 6.45) is 0.258. The fraction of sp³-hybridized carbons (Fsp3) is 0.263. The maximum absolute atomic E-state index is 13.2. The number of rotatable bonds is 4. The predicted molar refractivity (Wildman–Crippen MR) is 93.5 cm³/mol. The minimum absolute atomic E-state index is 0.00686. The molecular formula is C19H20FN3O2. The molecule has 0 spiro atoms. The molecule has 1 fully saturated rings. The molecular weight excluding hydrogens is 321 g/mol. The number of likely N-dealkylation sites (tertiary alicyclic amines) is 1. The molecule has 3 rings (SSSR count). The minimum atomic E-state index is -0.447. The number of carbonyl (C=O) groups is 2. The van der Waals surface area contributed by atoms with Gasteiger partial charge in [-0.05, 0) is 30.7 Å². The Bertz CT molecular complexity index is 766. The topological polar surface area (TPSA) is 61.4 Å². The summed E-state index contributed by atoms with van der Waals surface area (Å²) in [7, 11) is 0. The first-order chi connectivity index (χ1) is 12.0. The van der Waals surface area contributed by atoms with Crippen LogP contribution in [0.3, 0.4) is 0 Å². The zero-order valence-corrected chi connectivity index (χ0v) is 13.9. The second-order valence-corrected chi connectivity index (χ2v) is 6.14. The highest BCUT2D eigenvalue weighted by Crippen LogP contribution is 2.25. The zero-order valence-electron chi connectivity index (χ0n) is 13.9. The van der Waals surface area contributed by atoms with Crippen LogP contribution in [0.15, 0.2) is 54.6 Å². The normalized spacial score (nSPS) is 18.1. The van der Waals surface area contributed by atoms with Crippen LogP contribution < -0.4 is 10.6 Å². The summed E-state index contributed by atoms with van der Waals surface area (Å²) in [4.78, 5) is 26.1. The first kappa shape index (κ1) is 17.0. The molecule has 0 radical (unpaired) electrons. The summed E-state index contributed by atoms with van der Waals surface area (Å²) >= 11 is 0. The van der Waals surface area contributed by atoms with E-state index in [-0.39, 0.29) is 24.4 Å². The van der Waals surface area contributed by atoms with Crippen LogP contribution in [-0.2, 0) is 4.79 Å². The molecule has 3 amide bonds. The fourth-order valence-corrected chi connectivity index (χ4v) is 3.03. The van der Waals surface area contributed by atoms with E-state index < -0.39 is 11.8 Å². The van der Waals surface area contributed by atoms with Gasteiger partial charge in [0.2, 0.25) is 5.91 Å². The highest BCUT2D eigenvalue weighted by molar-refractivity contribution is 5.90. The van der Waals surface area contributed by atoms with Gasteiger partial charge in [-0.15, -0.1) is 0 Å². The van der Waals surface area contributed by atoms with Gasteiger partial charge in [0.05, 0.1) is 12.1 Å². The molecule has 6 heteroatoms. The van der Waals surface area contributed by atoms with Gasteiger partial charge in [0, 0.05) is 18.7 Å². The lowest BCUT2D eigenvalue weighted by Crippen LogP contribution is -2.40. The lowest BCUT2D eigenvalue weighted by atomic mass is 10.1. The molecule has 130 valence electrons. The number of nitrogens with zero attached hydrogens (tertiary/aromatic N) is 1. The predicted octanol–water partition coefficient (Wildman–Crippen LogP) is 3.31. The minimum Gasteiger partial charge on any atom is -0.334 e. The van der Waals surface area contributed by atoms with Crippen molar-refractivity contribution in [1.29, 1.82) is 0 Å². The van der Waals surface area contributed by atoms with Crippen molar-refractivity contribution in [1.82, 2.24) is 10.2 Å². The maximum Gasteiger partial charge on any atom is 0.319 e. The number of carbonyl (C=O) groups excluding carboxylic acids is 2. The van der Waals surface area contributed by atoms with Crippen LogP contribution in [0.25, 0.3) is 0 Å². The Balaban J connectivity index is 1.58. The van der Waals surface area contributed by atoms with Gasteiger partial charge in [0.15, 0.2) is 0 Å². The molecule has 1 heterocycles. The quantitative estimate of drug-likeness (QED) is 0.896. The van der Waals surface area contributed by atoms with Crippen LogP contribution >= 0.6 is 0 Å². The first-order valence-electron chi connectivity index (χ1n) is 8.20. The second kappa shape index (κ2) is 7.34. The largest absolute Gasteiger partial charge is 0.334 e. The molecule has 0 aromatic heterocycles. The third kappa shape index (κ3) is 4.15. The van der Waals surface area contributed by atoms with Gasteiger partial charge in [-0.2, -0.15) is 0 Å². The van der Waals surface area contributed by atoms with Crippen molar-refractivity contribution in [2.24, 2.45) is 0 Å². The maximum atomic E-state index is 13.2. The van der Waals surface area contributed by atoms with Crippen LogP contribution in [0, 0.1) is 5.82 Å². The standard InChI is InChI=1S/C19H20FN3O2/c1-13(14-6-3-2-4-7-14)23-12-17(11-18(23)24)22-19(25)21-16-9-5-8-15(20)10-16/h2-10,13,17H,11-12H2,1H3,(H2,21,22,25). The zero-order chi connectivity index (χ0) is 17.8. The van der Waals surface area contributed by atoms with Gasteiger partial charge in [-0.1, -0.05) is 36.4 Å². The van der Waals surface area contributed by atoms with E-state index in [0.29, 0.717) is 12.2 Å². The Morgan fingerprint density at radius 3 is 2.68 bits per heavy atom. The summed E-state index contributed by atoms with van der Waals surface area (Å²) < 4.78 is 13.2. The van der Waals surface area contributed by atoms with Gasteiger partial charge in [0.1, 0.15) is 5.82 Å². The van der Waals surface area contributed by atoms with Crippen molar-refractivity contribution >= 4 is 17.6 Å². The van der Waals surface area contributed by atoms with Crippen molar-refractivity contribution in [3.8, 4) is 0 Å². The average Bonchev–Trinajstić information content (AvgIpc) is 2.95. The molecule has 5 nitrogen and oxygen atoms in total. The number of hydrogen-bond donors (Lipinski definition) is 2. The third-order valence-corrected chi connectivity index (χ3v) is 4.33. The van der Waals surface area contributed by atoms with E-state index in [0.717, 1.165) is 5.56 Å². The molecule has 2 N–H and O–H groups in total. The number of benzene rings is 2. The Labute approximate surface area is 145 Å². The van der Waals surface area contributed by atoms with Crippen LogP contribution in [0.4, 0.5) is 14.9 Å². The lowest BCUT2D eigenvalue weighted by molar-refractivity contribution is -0.129. The van der Waals surface area contributed by atoms with E-state index >= 15 is 0 Å². The van der Waals surface area contributed by atoms with E-state index in [9.17, 15) is 14.0 Å². The highest BCUT2D eigenvalue weighted by Gasteiger charge is 2.33. The summed E-state index contributed by atoms with van der Waals surface area (Å²) in [6, 6.07) is 14.7. The van der Waals surface area contributed by atoms with Gasteiger partial charge in [-0.25, -0.2) is 9.18 Å². The van der Waals surface area contributed by atoms with E-state index in [4.69, 9.17) is 0 Å². The molecule has 2 aromatic carbocycles. The number of halogens is 1. The van der Waals surface area contributed by atoms with E-state index in [1.807, 2.05) is 37.3 Å². The van der Waals surface area contributed by atoms with Gasteiger partial charge >= 0.3 is 6.03 Å². The van der Waals surface area contributed by atoms with Crippen molar-refractivity contribution in [2.45, 2.75) is 25.4 Å². The van der Waals surface area contributed by atoms with Gasteiger partial charge in [-0.3, -0.25) is 4.79 Å². The van der Waals surface area contributed by atoms with Gasteiger partial charge in [0.25, 0.3) is 0 Å². The molecule has 2 atom stereocenters. The lowest BCUT2D eigenvalue weighted by Gasteiger charge is -2.25. The number of urea groups is 1. The van der Waals surface area contributed by atoms with Crippen LogP contribution in [-0.4, -0.2) is 29.4 Å². The molecule has 0 bridgehead atoms. The molecule has 1 saturated heterocycles. The molecule has 2 aromatic rings. The van der Waals surface area contributed by atoms with Crippen LogP contribution in [0.1, 0.15) is 24.9 Å². The van der Waals surface area contributed by atoms with Crippen LogP contribution in [0.2, 0.25) is 0 Å². The smallest absolute Gasteiger partial charge is 0.319 e. The van der Waals surface area contributed by atoms with Crippen molar-refractivity contribution < 1.29 is 14.0 Å². The van der Waals surface area contributed by atoms with Crippen molar-refractivity contribution in [2.75, 3.05) is 11.9 Å². The summed E-state index contributed by atoms with van der Waals surface area (Å²) in [6.45, 7) is 2.42. The Hall–Kier alpha value is -2.89. The Morgan fingerprint density at radius 1 is 1.20 bits per heavy atom. The third-order valence-electron chi connectivity index (χ3n) is 4.33. The van der Waals surface area contributed by atoms with E-state index in [1.165, 1.54) is 18.2 Å². The Morgan fingerprint density at radius 2 is 1.96 bits per heavy atom. The van der Waals surface area contributed by atoms with Crippen LogP contribution in [0.5, 0.6) is 0 Å². The number of hydrogen-bond acceptors (Lipinski definition) is 2. The number of nitrogens with one attached hydrogen (secondary N) is 2. The molecule has 0 aliphatic carbocycles. The van der Waals surface area contributed by atoms with E-state index in [2.05, 4.69) is 10.6 Å². The molecule has 0 saturated carbocycles. The first-order valence-corrected chi connectivity index (χ1v) is 8.20. The monoisotopic (exact) mass is 341 g/mol. The molecule has 1 aliphatic heterocycles. The number of amides is 3. The summed E-state index contributed by atoms with van der Waals surface area (Å²) in [5.74, 6) is -0.413. The average molecular weight is 341 g/mol.